The van der Waals surface area contributed by atoms with Crippen LogP contribution in [0.15, 0.2) is 18.2 Å². The molecule has 0 heterocycles. The molecule has 0 fully saturated rings. The van der Waals surface area contributed by atoms with Crippen LogP contribution in [0.4, 0.5) is 8.78 Å². The summed E-state index contributed by atoms with van der Waals surface area (Å²) in [5.41, 5.74) is 6.50. The van der Waals surface area contributed by atoms with Gasteiger partial charge in [0.05, 0.1) is 0 Å². The maximum atomic E-state index is 12.8. The van der Waals surface area contributed by atoms with Crippen LogP contribution in [0, 0.1) is 11.6 Å². The molecule has 15 heavy (non-hydrogen) atoms. The van der Waals surface area contributed by atoms with Gasteiger partial charge in [-0.1, -0.05) is 13.3 Å². The highest BCUT2D eigenvalue weighted by Crippen LogP contribution is 2.11. The predicted octanol–water partition coefficient (Wildman–Crippen LogP) is 3.02. The van der Waals surface area contributed by atoms with Gasteiger partial charge in [0.2, 0.25) is 0 Å². The first-order valence-corrected chi connectivity index (χ1v) is 5.32. The van der Waals surface area contributed by atoms with Crippen molar-refractivity contribution >= 4 is 0 Å². The minimum Gasteiger partial charge on any atom is -0.328 e. The van der Waals surface area contributed by atoms with Crippen molar-refractivity contribution in [1.82, 2.24) is 0 Å². The van der Waals surface area contributed by atoms with Gasteiger partial charge in [-0.05, 0) is 37.0 Å². The van der Waals surface area contributed by atoms with E-state index in [1.54, 1.807) is 0 Å². The minimum atomic E-state index is -0.519. The Bertz CT molecular complexity index is 292. The number of aryl methyl sites for hydroxylation is 1. The van der Waals surface area contributed by atoms with Crippen molar-refractivity contribution in [3.8, 4) is 0 Å². The third-order valence-electron chi connectivity index (χ3n) is 2.39. The van der Waals surface area contributed by atoms with E-state index in [4.69, 9.17) is 5.73 Å². The van der Waals surface area contributed by atoms with E-state index in [0.29, 0.717) is 12.0 Å². The quantitative estimate of drug-likeness (QED) is 0.799. The van der Waals surface area contributed by atoms with Gasteiger partial charge in [0, 0.05) is 12.1 Å². The molecule has 0 spiro atoms. The summed E-state index contributed by atoms with van der Waals surface area (Å²) in [4.78, 5) is 0. The standard InChI is InChI=1S/C12H17F2N/c1-2-3-12(15)5-4-9-6-10(13)8-11(14)7-9/h6-8,12H,2-5,15H2,1H3. The van der Waals surface area contributed by atoms with Gasteiger partial charge in [0.25, 0.3) is 0 Å². The molecule has 0 saturated heterocycles. The molecule has 0 aliphatic heterocycles. The molecule has 0 aromatic heterocycles. The average Bonchev–Trinajstić information content (AvgIpc) is 2.14. The summed E-state index contributed by atoms with van der Waals surface area (Å²) in [6.45, 7) is 2.07. The number of rotatable bonds is 5. The molecule has 1 nitrogen and oxygen atoms in total. The molecule has 0 amide bonds. The van der Waals surface area contributed by atoms with Gasteiger partial charge >= 0.3 is 0 Å². The molecule has 2 N–H and O–H groups in total. The van der Waals surface area contributed by atoms with Crippen LogP contribution in [-0.4, -0.2) is 6.04 Å². The van der Waals surface area contributed by atoms with Crippen molar-refractivity contribution in [3.63, 3.8) is 0 Å². The number of benzene rings is 1. The predicted molar refractivity (Wildman–Crippen MR) is 57.6 cm³/mol. The first-order valence-electron chi connectivity index (χ1n) is 5.32. The molecule has 1 aromatic rings. The van der Waals surface area contributed by atoms with Crippen LogP contribution in [0.3, 0.4) is 0 Å². The Kier molecular flexibility index (Phi) is 4.69. The summed E-state index contributed by atoms with van der Waals surface area (Å²) in [6, 6.07) is 3.74. The second-order valence-corrected chi connectivity index (χ2v) is 3.87. The summed E-state index contributed by atoms with van der Waals surface area (Å²) in [7, 11) is 0. The molecular formula is C12H17F2N. The van der Waals surface area contributed by atoms with Gasteiger partial charge in [-0.25, -0.2) is 8.78 Å². The highest BCUT2D eigenvalue weighted by atomic mass is 19.1. The maximum Gasteiger partial charge on any atom is 0.126 e. The van der Waals surface area contributed by atoms with Crippen LogP contribution in [0.2, 0.25) is 0 Å². The van der Waals surface area contributed by atoms with E-state index in [0.717, 1.165) is 25.3 Å². The second-order valence-electron chi connectivity index (χ2n) is 3.87. The smallest absolute Gasteiger partial charge is 0.126 e. The van der Waals surface area contributed by atoms with E-state index in [1.807, 2.05) is 0 Å². The van der Waals surface area contributed by atoms with E-state index in [1.165, 1.54) is 12.1 Å². The lowest BCUT2D eigenvalue weighted by molar-refractivity contribution is 0.551. The third kappa shape index (κ3) is 4.38. The molecule has 1 unspecified atom stereocenters. The molecule has 84 valence electrons. The lowest BCUT2D eigenvalue weighted by Crippen LogP contribution is -2.20. The zero-order valence-electron chi connectivity index (χ0n) is 8.97. The SMILES string of the molecule is CCCC(N)CCc1cc(F)cc(F)c1. The highest BCUT2D eigenvalue weighted by Gasteiger charge is 2.04. The first kappa shape index (κ1) is 12.1. The van der Waals surface area contributed by atoms with Crippen molar-refractivity contribution in [2.24, 2.45) is 5.73 Å². The topological polar surface area (TPSA) is 26.0 Å². The van der Waals surface area contributed by atoms with E-state index in [-0.39, 0.29) is 6.04 Å². The lowest BCUT2D eigenvalue weighted by atomic mass is 10.0. The van der Waals surface area contributed by atoms with Crippen LogP contribution in [-0.2, 0) is 6.42 Å². The Labute approximate surface area is 89.3 Å². The highest BCUT2D eigenvalue weighted by molar-refractivity contribution is 5.18. The van der Waals surface area contributed by atoms with Crippen LogP contribution in [0.5, 0.6) is 0 Å². The molecule has 3 heteroatoms. The van der Waals surface area contributed by atoms with Gasteiger partial charge in [0.1, 0.15) is 11.6 Å². The van der Waals surface area contributed by atoms with Gasteiger partial charge in [-0.2, -0.15) is 0 Å². The average molecular weight is 213 g/mol. The van der Waals surface area contributed by atoms with Gasteiger partial charge in [0.15, 0.2) is 0 Å². The summed E-state index contributed by atoms with van der Waals surface area (Å²) in [5.74, 6) is -1.04. The molecule has 0 radical (unpaired) electrons. The van der Waals surface area contributed by atoms with E-state index in [9.17, 15) is 8.78 Å². The molecule has 0 bridgehead atoms. The largest absolute Gasteiger partial charge is 0.328 e. The molecule has 0 aliphatic carbocycles. The van der Waals surface area contributed by atoms with Crippen LogP contribution in [0.1, 0.15) is 31.7 Å². The van der Waals surface area contributed by atoms with E-state index in [2.05, 4.69) is 6.92 Å². The van der Waals surface area contributed by atoms with Crippen LogP contribution < -0.4 is 5.73 Å². The van der Waals surface area contributed by atoms with Crippen molar-refractivity contribution in [2.45, 2.75) is 38.6 Å². The molecular weight excluding hydrogens is 196 g/mol. The Balaban J connectivity index is 2.50. The number of hydrogen-bond donors (Lipinski definition) is 1. The molecule has 0 saturated carbocycles. The Morgan fingerprint density at radius 1 is 1.13 bits per heavy atom. The fourth-order valence-electron chi connectivity index (χ4n) is 1.62. The summed E-state index contributed by atoms with van der Waals surface area (Å²) >= 11 is 0. The minimum absolute atomic E-state index is 0.126. The summed E-state index contributed by atoms with van der Waals surface area (Å²) in [5, 5.41) is 0. The fourth-order valence-corrected chi connectivity index (χ4v) is 1.62. The lowest BCUT2D eigenvalue weighted by Gasteiger charge is -2.09. The normalized spacial score (nSPS) is 12.8. The molecule has 1 aromatic carbocycles. The Morgan fingerprint density at radius 3 is 2.27 bits per heavy atom. The molecule has 1 atom stereocenters. The van der Waals surface area contributed by atoms with Crippen molar-refractivity contribution in [1.29, 1.82) is 0 Å². The van der Waals surface area contributed by atoms with Crippen molar-refractivity contribution in [2.75, 3.05) is 0 Å². The first-order chi connectivity index (χ1) is 7.11. The number of hydrogen-bond acceptors (Lipinski definition) is 1. The fraction of sp³-hybridized carbons (Fsp3) is 0.500. The van der Waals surface area contributed by atoms with Crippen molar-refractivity contribution < 1.29 is 8.78 Å². The molecule has 1 rings (SSSR count). The van der Waals surface area contributed by atoms with E-state index < -0.39 is 11.6 Å². The Morgan fingerprint density at radius 2 is 1.73 bits per heavy atom. The zero-order chi connectivity index (χ0) is 11.3. The summed E-state index contributed by atoms with van der Waals surface area (Å²) in [6.07, 6.45) is 3.41. The number of halogens is 2. The van der Waals surface area contributed by atoms with Crippen LogP contribution in [0.25, 0.3) is 0 Å². The zero-order valence-corrected chi connectivity index (χ0v) is 8.97. The van der Waals surface area contributed by atoms with Crippen molar-refractivity contribution in [3.05, 3.63) is 35.4 Å². The number of nitrogens with two attached hydrogens (primary N) is 1. The second kappa shape index (κ2) is 5.81. The maximum absolute atomic E-state index is 12.8. The van der Waals surface area contributed by atoms with Gasteiger partial charge < -0.3 is 5.73 Å². The molecule has 0 aliphatic rings. The third-order valence-corrected chi connectivity index (χ3v) is 2.39. The van der Waals surface area contributed by atoms with Gasteiger partial charge in [-0.3, -0.25) is 0 Å². The van der Waals surface area contributed by atoms with Gasteiger partial charge in [-0.15, -0.1) is 0 Å². The monoisotopic (exact) mass is 213 g/mol. The summed E-state index contributed by atoms with van der Waals surface area (Å²) < 4.78 is 25.7. The Hall–Kier alpha value is -0.960. The van der Waals surface area contributed by atoms with Crippen LogP contribution >= 0.6 is 0 Å². The van der Waals surface area contributed by atoms with E-state index >= 15 is 0 Å².